The van der Waals surface area contributed by atoms with Gasteiger partial charge < -0.3 is 5.32 Å². The molecule has 2 atom stereocenters. The second-order valence-corrected chi connectivity index (χ2v) is 5.25. The van der Waals surface area contributed by atoms with Crippen molar-refractivity contribution in [3.05, 3.63) is 29.3 Å². The van der Waals surface area contributed by atoms with E-state index < -0.39 is 0 Å². The molecule has 1 amide bonds. The van der Waals surface area contributed by atoms with Crippen LogP contribution in [0.1, 0.15) is 36.8 Å². The predicted octanol–water partition coefficient (Wildman–Crippen LogP) is 2.59. The Balaban J connectivity index is 1.91. The molecule has 3 heteroatoms. The summed E-state index contributed by atoms with van der Waals surface area (Å²) < 4.78 is 0. The van der Waals surface area contributed by atoms with Gasteiger partial charge in [0.2, 0.25) is 5.91 Å². The fourth-order valence-electron chi connectivity index (χ4n) is 2.59. The highest BCUT2D eigenvalue weighted by atomic mass is 16.1. The van der Waals surface area contributed by atoms with Gasteiger partial charge in [-0.1, -0.05) is 12.1 Å². The van der Waals surface area contributed by atoms with Gasteiger partial charge in [0.25, 0.3) is 0 Å². The molecule has 0 bridgehead atoms. The molecular weight excluding hydrogens is 212 g/mol. The summed E-state index contributed by atoms with van der Waals surface area (Å²) in [6, 6.07) is 8.55. The van der Waals surface area contributed by atoms with Crippen molar-refractivity contribution in [2.24, 2.45) is 5.41 Å². The third-order valence-corrected chi connectivity index (χ3v) is 3.92. The van der Waals surface area contributed by atoms with Crippen LogP contribution >= 0.6 is 0 Å². The van der Waals surface area contributed by atoms with E-state index in [4.69, 9.17) is 5.26 Å². The van der Waals surface area contributed by atoms with E-state index in [9.17, 15) is 4.79 Å². The summed E-state index contributed by atoms with van der Waals surface area (Å²) in [5.41, 5.74) is 3.20. The molecule has 1 heterocycles. The molecule has 1 saturated carbocycles. The minimum Gasteiger partial charge on any atom is -0.326 e. The van der Waals surface area contributed by atoms with Gasteiger partial charge in [0, 0.05) is 18.0 Å². The van der Waals surface area contributed by atoms with Gasteiger partial charge in [0.05, 0.1) is 11.5 Å². The van der Waals surface area contributed by atoms with Gasteiger partial charge in [-0.2, -0.15) is 5.26 Å². The molecule has 0 spiro atoms. The number of rotatable bonds is 1. The average Bonchev–Trinajstić information content (AvgIpc) is 3.02. The van der Waals surface area contributed by atoms with Crippen LogP contribution in [-0.2, 0) is 11.2 Å². The molecule has 1 aliphatic heterocycles. The van der Waals surface area contributed by atoms with Crippen LogP contribution in [0.15, 0.2) is 18.2 Å². The summed E-state index contributed by atoms with van der Waals surface area (Å²) in [6.45, 7) is 2.01. The molecule has 1 aromatic carbocycles. The van der Waals surface area contributed by atoms with Crippen LogP contribution in [-0.4, -0.2) is 5.91 Å². The third-order valence-electron chi connectivity index (χ3n) is 3.92. The summed E-state index contributed by atoms with van der Waals surface area (Å²) >= 11 is 0. The first-order valence-corrected chi connectivity index (χ1v) is 5.96. The number of anilines is 1. The van der Waals surface area contributed by atoms with E-state index in [1.807, 2.05) is 19.1 Å². The monoisotopic (exact) mass is 226 g/mol. The van der Waals surface area contributed by atoms with Crippen LogP contribution in [0.4, 0.5) is 5.69 Å². The van der Waals surface area contributed by atoms with Crippen molar-refractivity contribution in [3.63, 3.8) is 0 Å². The molecule has 1 aliphatic carbocycles. The smallest absolute Gasteiger partial charge is 0.224 e. The lowest BCUT2D eigenvalue weighted by atomic mass is 9.96. The molecule has 0 saturated heterocycles. The number of fused-ring (bicyclic) bond motifs is 1. The Labute approximate surface area is 100 Å². The first-order chi connectivity index (χ1) is 8.12. The molecule has 0 radical (unpaired) electrons. The predicted molar refractivity (Wildman–Crippen MR) is 64.5 cm³/mol. The number of hydrogen-bond donors (Lipinski definition) is 1. The quantitative estimate of drug-likeness (QED) is 0.800. The molecule has 17 heavy (non-hydrogen) atoms. The maximum absolute atomic E-state index is 11.3. The highest BCUT2D eigenvalue weighted by Crippen LogP contribution is 2.58. The van der Waals surface area contributed by atoms with Gasteiger partial charge >= 0.3 is 0 Å². The maximum atomic E-state index is 11.3. The Morgan fingerprint density at radius 3 is 3.00 bits per heavy atom. The third kappa shape index (κ3) is 1.61. The van der Waals surface area contributed by atoms with Gasteiger partial charge in [-0.05, 0) is 37.0 Å². The number of benzene rings is 1. The molecule has 86 valence electrons. The normalized spacial score (nSPS) is 30.1. The molecule has 3 rings (SSSR count). The second-order valence-electron chi connectivity index (χ2n) is 5.25. The van der Waals surface area contributed by atoms with Crippen molar-refractivity contribution in [1.29, 1.82) is 5.26 Å². The number of hydrogen-bond acceptors (Lipinski definition) is 2. The van der Waals surface area contributed by atoms with E-state index in [2.05, 4.69) is 17.5 Å². The number of aryl methyl sites for hydroxylation is 1. The van der Waals surface area contributed by atoms with Crippen LogP contribution in [0.3, 0.4) is 0 Å². The lowest BCUT2D eigenvalue weighted by Crippen LogP contribution is -2.18. The van der Waals surface area contributed by atoms with Crippen LogP contribution in [0.25, 0.3) is 0 Å². The van der Waals surface area contributed by atoms with E-state index in [1.165, 1.54) is 11.1 Å². The number of nitrogens with zero attached hydrogens (tertiary/aromatic N) is 1. The lowest BCUT2D eigenvalue weighted by molar-refractivity contribution is -0.116. The van der Waals surface area contributed by atoms with Gasteiger partial charge in [-0.3, -0.25) is 4.79 Å². The molecule has 1 fully saturated rings. The standard InChI is InChI=1S/C14H14N2O/c1-14(8-15)7-11(14)9-2-4-12-10(6-9)3-5-13(17)16-12/h2,4,6,11H,3,5,7H2,1H3,(H,16,17). The zero-order chi connectivity index (χ0) is 12.0. The van der Waals surface area contributed by atoms with Gasteiger partial charge in [0.1, 0.15) is 0 Å². The Hall–Kier alpha value is -1.82. The minimum absolute atomic E-state index is 0.0959. The topological polar surface area (TPSA) is 52.9 Å². The molecule has 1 aromatic rings. The summed E-state index contributed by atoms with van der Waals surface area (Å²) in [7, 11) is 0. The van der Waals surface area contributed by atoms with Gasteiger partial charge in [-0.25, -0.2) is 0 Å². The van der Waals surface area contributed by atoms with E-state index in [0.717, 1.165) is 18.5 Å². The highest BCUT2D eigenvalue weighted by molar-refractivity contribution is 5.93. The lowest BCUT2D eigenvalue weighted by Gasteiger charge is -2.17. The average molecular weight is 226 g/mol. The SMILES string of the molecule is CC1(C#N)CC1c1ccc2c(c1)CCC(=O)N2. The van der Waals surface area contributed by atoms with Gasteiger partial charge in [0.15, 0.2) is 0 Å². The van der Waals surface area contributed by atoms with E-state index in [0.29, 0.717) is 12.3 Å². The van der Waals surface area contributed by atoms with E-state index >= 15 is 0 Å². The summed E-state index contributed by atoms with van der Waals surface area (Å²) in [4.78, 5) is 11.3. The zero-order valence-electron chi connectivity index (χ0n) is 9.79. The molecule has 0 aromatic heterocycles. The van der Waals surface area contributed by atoms with Crippen LogP contribution in [0.5, 0.6) is 0 Å². The number of carbonyl (C=O) groups excluding carboxylic acids is 1. The molecular formula is C14H14N2O. The fourth-order valence-corrected chi connectivity index (χ4v) is 2.59. The van der Waals surface area contributed by atoms with Crippen molar-refractivity contribution >= 4 is 11.6 Å². The van der Waals surface area contributed by atoms with Crippen LogP contribution in [0, 0.1) is 16.7 Å². The van der Waals surface area contributed by atoms with Crippen molar-refractivity contribution in [1.82, 2.24) is 0 Å². The molecule has 2 aliphatic rings. The van der Waals surface area contributed by atoms with Crippen LogP contribution < -0.4 is 5.32 Å². The zero-order valence-corrected chi connectivity index (χ0v) is 9.79. The van der Waals surface area contributed by atoms with Gasteiger partial charge in [-0.15, -0.1) is 0 Å². The van der Waals surface area contributed by atoms with Crippen molar-refractivity contribution in [2.45, 2.75) is 32.1 Å². The number of nitriles is 1. The summed E-state index contributed by atoms with van der Waals surface area (Å²) in [5, 5.41) is 11.9. The Kier molecular flexibility index (Phi) is 2.03. The Morgan fingerprint density at radius 2 is 2.29 bits per heavy atom. The molecule has 3 nitrogen and oxygen atoms in total. The number of carbonyl (C=O) groups is 1. The van der Waals surface area contributed by atoms with Crippen molar-refractivity contribution in [3.8, 4) is 6.07 Å². The van der Waals surface area contributed by atoms with Crippen molar-refractivity contribution < 1.29 is 4.79 Å². The van der Waals surface area contributed by atoms with Crippen molar-refractivity contribution in [2.75, 3.05) is 5.32 Å². The fraction of sp³-hybridized carbons (Fsp3) is 0.429. The first-order valence-electron chi connectivity index (χ1n) is 5.96. The Morgan fingerprint density at radius 1 is 1.47 bits per heavy atom. The first kappa shape index (κ1) is 10.3. The number of amides is 1. The number of nitrogens with one attached hydrogen (secondary N) is 1. The minimum atomic E-state index is -0.174. The second kappa shape index (κ2) is 3.33. The maximum Gasteiger partial charge on any atom is 0.224 e. The Bertz CT molecular complexity index is 544. The van der Waals surface area contributed by atoms with E-state index in [1.54, 1.807) is 0 Å². The largest absolute Gasteiger partial charge is 0.326 e. The molecule has 2 unspecified atom stereocenters. The highest BCUT2D eigenvalue weighted by Gasteiger charge is 2.51. The molecule has 1 N–H and O–H groups in total. The summed E-state index contributed by atoms with van der Waals surface area (Å²) in [6.07, 6.45) is 2.33. The summed E-state index contributed by atoms with van der Waals surface area (Å²) in [5.74, 6) is 0.467. The van der Waals surface area contributed by atoms with Crippen LogP contribution in [0.2, 0.25) is 0 Å². The van der Waals surface area contributed by atoms with E-state index in [-0.39, 0.29) is 11.3 Å².